The first kappa shape index (κ1) is 59.2. The average molecular weight is 1040 g/mol. The van der Waals surface area contributed by atoms with Gasteiger partial charge in [0.2, 0.25) is 23.6 Å². The molecule has 2 aliphatic rings. The number of rotatable bonds is 21. The molecule has 1 spiro atoms. The number of nitrogens with zero attached hydrogens (tertiary/aromatic N) is 1. The Kier molecular flexibility index (Phi) is 21.0. The lowest BCUT2D eigenvalue weighted by molar-refractivity contribution is -0.139. The Morgan fingerprint density at radius 1 is 0.649 bits per heavy atom. The quantitative estimate of drug-likeness (QED) is 0.0470. The van der Waals surface area contributed by atoms with E-state index in [1.54, 1.807) is 46.4 Å². The highest BCUT2D eigenvalue weighted by Crippen LogP contribution is 2.47. The molecule has 3 aromatic rings. The second-order valence-corrected chi connectivity index (χ2v) is 25.2. The molecule has 1 aliphatic heterocycles. The topological polar surface area (TPSA) is 219 Å². The Balaban J connectivity index is 1.37. The summed E-state index contributed by atoms with van der Waals surface area (Å²) in [6.07, 6.45) is 2.24. The lowest BCUT2D eigenvalue weighted by Gasteiger charge is -2.45. The number of amides is 6. The predicted molar refractivity (Wildman–Crippen MR) is 289 cm³/mol. The Hall–Kier alpha value is -5.65. The van der Waals surface area contributed by atoms with Gasteiger partial charge in [0.15, 0.2) is 0 Å². The van der Waals surface area contributed by atoms with Crippen LogP contribution >= 0.6 is 0 Å². The minimum Gasteiger partial charge on any atom is -0.598 e. The number of likely N-dealkylation sites (tertiary alicyclic amines) is 1. The molecule has 0 aromatic heterocycles. The standard InChI is InChI=1S/C57H83N7O9S/c1-38(2)34-44(60-49(66)45(35-39-22-14-12-15-23-39)61-50(67)46(36-40-24-16-13-17-25-40)62-53(70)73-55(6,7)8)48(65)59-43(28-20-21-31-58-52(69)72-54(3,4)5)51(68)64-32-29-57(30-33-64)42-27-19-18-26-41(42)37-47(57)63-74(71)56(9,10)11/h12-19,22-27,38,43-47,63H,20-21,28-37H2,1-11H3,(H,58,69)(H,59,65)(H,60,66)(H,61,67)(H,62,70)/t43-,44-,45-,46-,47?,74?/m1/s1. The fourth-order valence-electron chi connectivity index (χ4n) is 9.54. The van der Waals surface area contributed by atoms with Gasteiger partial charge in [-0.05, 0) is 135 Å². The summed E-state index contributed by atoms with van der Waals surface area (Å²) in [6, 6.07) is 22.2. The Morgan fingerprint density at radius 3 is 1.68 bits per heavy atom. The van der Waals surface area contributed by atoms with Gasteiger partial charge in [0.05, 0.1) is 6.04 Å². The maximum atomic E-state index is 14.8. The highest BCUT2D eigenvalue weighted by Gasteiger charge is 2.51. The molecule has 1 fully saturated rings. The molecule has 2 unspecified atom stereocenters. The number of carbonyl (C=O) groups excluding carboxylic acids is 6. The molecule has 16 nitrogen and oxygen atoms in total. The minimum atomic E-state index is -1.32. The molecule has 1 heterocycles. The van der Waals surface area contributed by atoms with Crippen LogP contribution in [-0.2, 0) is 64.7 Å². The summed E-state index contributed by atoms with van der Waals surface area (Å²) < 4.78 is 27.4. The monoisotopic (exact) mass is 1040 g/mol. The summed E-state index contributed by atoms with van der Waals surface area (Å²) in [5, 5.41) is 14.3. The summed E-state index contributed by atoms with van der Waals surface area (Å²) in [7, 11) is 0. The van der Waals surface area contributed by atoms with Gasteiger partial charge in [-0.2, -0.15) is 0 Å². The van der Waals surface area contributed by atoms with Gasteiger partial charge >= 0.3 is 12.2 Å². The molecule has 6 amide bonds. The van der Waals surface area contributed by atoms with E-state index < -0.39 is 81.4 Å². The smallest absolute Gasteiger partial charge is 0.408 e. The Morgan fingerprint density at radius 2 is 1.14 bits per heavy atom. The molecule has 0 radical (unpaired) electrons. The number of hydrogen-bond acceptors (Lipinski definition) is 10. The van der Waals surface area contributed by atoms with E-state index in [4.69, 9.17) is 9.47 Å². The van der Waals surface area contributed by atoms with Gasteiger partial charge in [-0.25, -0.2) is 9.59 Å². The van der Waals surface area contributed by atoms with Gasteiger partial charge in [-0.1, -0.05) is 98.8 Å². The minimum absolute atomic E-state index is 0.0702. The van der Waals surface area contributed by atoms with Crippen molar-refractivity contribution in [3.05, 3.63) is 107 Å². The number of ether oxygens (including phenoxy) is 2. The molecule has 74 heavy (non-hydrogen) atoms. The number of piperidine rings is 1. The molecule has 3 aromatic carbocycles. The molecular weight excluding hydrogens is 959 g/mol. The maximum absolute atomic E-state index is 14.8. The highest BCUT2D eigenvalue weighted by molar-refractivity contribution is 7.90. The fraction of sp³-hybridized carbons (Fsp3) is 0.579. The molecule has 0 bridgehead atoms. The first-order valence-electron chi connectivity index (χ1n) is 26.2. The van der Waals surface area contributed by atoms with E-state index in [0.717, 1.165) is 17.5 Å². The number of carbonyl (C=O) groups is 6. The second-order valence-electron chi connectivity index (χ2n) is 23.2. The van der Waals surface area contributed by atoms with Crippen molar-refractivity contribution in [3.63, 3.8) is 0 Å². The Bertz CT molecular complexity index is 2340. The van der Waals surface area contributed by atoms with E-state index in [2.05, 4.69) is 43.4 Å². The largest absolute Gasteiger partial charge is 0.598 e. The number of benzene rings is 3. The molecule has 17 heteroatoms. The lowest BCUT2D eigenvalue weighted by Crippen LogP contribution is -2.60. The first-order chi connectivity index (χ1) is 34.7. The van der Waals surface area contributed by atoms with E-state index in [1.165, 1.54) is 11.1 Å². The third-order valence-electron chi connectivity index (χ3n) is 13.2. The molecule has 0 saturated carbocycles. The van der Waals surface area contributed by atoms with Crippen molar-refractivity contribution in [2.45, 2.75) is 186 Å². The van der Waals surface area contributed by atoms with Gasteiger partial charge in [-0.15, -0.1) is 4.72 Å². The third-order valence-corrected chi connectivity index (χ3v) is 14.8. The van der Waals surface area contributed by atoms with Gasteiger partial charge < -0.3 is 45.5 Å². The van der Waals surface area contributed by atoms with Gasteiger partial charge in [0.1, 0.15) is 40.1 Å². The lowest BCUT2D eigenvalue weighted by atomic mass is 9.71. The Labute approximate surface area is 442 Å². The van der Waals surface area contributed by atoms with E-state index in [9.17, 15) is 33.3 Å². The van der Waals surface area contributed by atoms with Crippen LogP contribution in [0.3, 0.4) is 0 Å². The second kappa shape index (κ2) is 26.2. The molecule has 6 atom stereocenters. The van der Waals surface area contributed by atoms with E-state index in [0.29, 0.717) is 45.3 Å². The van der Waals surface area contributed by atoms with Crippen molar-refractivity contribution in [1.29, 1.82) is 0 Å². The van der Waals surface area contributed by atoms with Crippen LogP contribution in [-0.4, -0.2) is 111 Å². The first-order valence-corrected chi connectivity index (χ1v) is 27.4. The molecule has 1 aliphatic carbocycles. The van der Waals surface area contributed by atoms with E-state index in [1.807, 2.05) is 107 Å². The SMILES string of the molecule is CC(C)C[C@@H](NC(=O)[C@@H](Cc1ccccc1)NC(=O)[C@@H](Cc1ccccc1)NC(=O)OC(C)(C)C)C(=O)N[C@H](CCCCNC(=O)OC(C)(C)C)C(=O)N1CCC2(CC1)c1ccccc1CC2N[S+]([O-])C(C)(C)C. The third kappa shape index (κ3) is 18.0. The van der Waals surface area contributed by atoms with Crippen LogP contribution in [0.15, 0.2) is 84.9 Å². The summed E-state index contributed by atoms with van der Waals surface area (Å²) >= 11 is -1.32. The van der Waals surface area contributed by atoms with Crippen molar-refractivity contribution in [1.82, 2.24) is 36.2 Å². The molecular formula is C57H83N7O9S. The van der Waals surface area contributed by atoms with Crippen molar-refractivity contribution < 1.29 is 42.8 Å². The van der Waals surface area contributed by atoms with Gasteiger partial charge in [0.25, 0.3) is 0 Å². The molecule has 6 N–H and O–H groups in total. The molecule has 5 rings (SSSR count). The van der Waals surface area contributed by atoms with Crippen LogP contribution in [0.2, 0.25) is 0 Å². The van der Waals surface area contributed by atoms with Crippen LogP contribution in [0, 0.1) is 5.92 Å². The number of hydrogen-bond donors (Lipinski definition) is 6. The van der Waals surface area contributed by atoms with Gasteiger partial charge in [0, 0.05) is 49.3 Å². The summed E-state index contributed by atoms with van der Waals surface area (Å²) in [4.78, 5) is 85.7. The summed E-state index contributed by atoms with van der Waals surface area (Å²) in [5.41, 5.74) is 2.07. The van der Waals surface area contributed by atoms with E-state index in [-0.39, 0.29) is 49.0 Å². The summed E-state index contributed by atoms with van der Waals surface area (Å²) in [6.45, 7) is 21.3. The fourth-order valence-corrected chi connectivity index (χ4v) is 10.5. The normalized spacial score (nSPS) is 17.5. The highest BCUT2D eigenvalue weighted by atomic mass is 32.2. The van der Waals surface area contributed by atoms with Crippen LogP contribution in [0.4, 0.5) is 9.59 Å². The number of nitrogens with one attached hydrogen (secondary N) is 6. The number of unbranched alkanes of at least 4 members (excludes halogenated alkanes) is 1. The number of alkyl carbamates (subject to hydrolysis) is 2. The van der Waals surface area contributed by atoms with Crippen molar-refractivity contribution in [3.8, 4) is 0 Å². The molecule has 1 saturated heterocycles. The maximum Gasteiger partial charge on any atom is 0.408 e. The summed E-state index contributed by atoms with van der Waals surface area (Å²) in [5.74, 6) is -2.13. The molecule has 406 valence electrons. The zero-order chi connectivity index (χ0) is 54.4. The zero-order valence-electron chi connectivity index (χ0n) is 45.6. The van der Waals surface area contributed by atoms with Crippen LogP contribution in [0.5, 0.6) is 0 Å². The van der Waals surface area contributed by atoms with Crippen molar-refractivity contribution in [2.75, 3.05) is 19.6 Å². The predicted octanol–water partition coefficient (Wildman–Crippen LogP) is 7.10. The van der Waals surface area contributed by atoms with Crippen molar-refractivity contribution >= 4 is 47.2 Å². The van der Waals surface area contributed by atoms with Crippen LogP contribution < -0.4 is 31.3 Å². The van der Waals surface area contributed by atoms with Crippen LogP contribution in [0.25, 0.3) is 0 Å². The van der Waals surface area contributed by atoms with E-state index >= 15 is 0 Å². The van der Waals surface area contributed by atoms with Crippen LogP contribution in [0.1, 0.15) is 137 Å². The van der Waals surface area contributed by atoms with Gasteiger partial charge in [-0.3, -0.25) is 19.2 Å². The average Bonchev–Trinajstić information content (AvgIpc) is 3.60. The van der Waals surface area contributed by atoms with Crippen molar-refractivity contribution in [2.24, 2.45) is 5.92 Å². The number of fused-ring (bicyclic) bond motifs is 2. The zero-order valence-corrected chi connectivity index (χ0v) is 46.4.